The molecule has 132 valence electrons. The van der Waals surface area contributed by atoms with Crippen LogP contribution in [0.2, 0.25) is 0 Å². The zero-order valence-electron chi connectivity index (χ0n) is 14.9. The number of benzene rings is 1. The average molecular weight is 334 g/mol. The average Bonchev–Trinajstić information content (AvgIpc) is 2.89. The van der Waals surface area contributed by atoms with Crippen molar-refractivity contribution in [3.8, 4) is 0 Å². The Balaban J connectivity index is 1.92. The summed E-state index contributed by atoms with van der Waals surface area (Å²) in [5.41, 5.74) is 1.92. The van der Waals surface area contributed by atoms with E-state index in [0.29, 0.717) is 19.5 Å². The predicted molar refractivity (Wildman–Crippen MR) is 95.8 cm³/mol. The van der Waals surface area contributed by atoms with E-state index in [4.69, 9.17) is 0 Å². The topological polar surface area (TPSA) is 51.4 Å². The molecule has 24 heavy (non-hydrogen) atoms. The van der Waals surface area contributed by atoms with E-state index in [-0.39, 0.29) is 17.9 Å². The first-order chi connectivity index (χ1) is 11.4. The largest absolute Gasteiger partial charge is 0.361 e. The summed E-state index contributed by atoms with van der Waals surface area (Å²) >= 11 is 0. The molecule has 0 bridgehead atoms. The van der Waals surface area contributed by atoms with Gasteiger partial charge in [0.2, 0.25) is 0 Å². The van der Waals surface area contributed by atoms with Crippen molar-refractivity contribution in [2.75, 3.05) is 33.7 Å². The number of rotatable bonds is 7. The zero-order valence-corrected chi connectivity index (χ0v) is 14.9. The maximum absolute atomic E-state index is 13.4. The number of hydrogen-bond acceptors (Lipinski definition) is 2. The molecule has 0 aliphatic heterocycles. The summed E-state index contributed by atoms with van der Waals surface area (Å²) in [6.45, 7) is 6.04. The molecule has 1 unspecified atom stereocenters. The van der Waals surface area contributed by atoms with E-state index in [0.717, 1.165) is 23.0 Å². The molecule has 2 rings (SSSR count). The van der Waals surface area contributed by atoms with Crippen LogP contribution in [0, 0.1) is 5.82 Å². The van der Waals surface area contributed by atoms with Crippen LogP contribution in [0.25, 0.3) is 10.9 Å². The first-order valence-corrected chi connectivity index (χ1v) is 8.37. The second-order valence-electron chi connectivity index (χ2n) is 6.38. The molecule has 0 aliphatic carbocycles. The van der Waals surface area contributed by atoms with Gasteiger partial charge in [0.15, 0.2) is 0 Å². The summed E-state index contributed by atoms with van der Waals surface area (Å²) in [5, 5.41) is 3.84. The van der Waals surface area contributed by atoms with E-state index < -0.39 is 0 Å². The van der Waals surface area contributed by atoms with Crippen LogP contribution in [-0.4, -0.2) is 60.6 Å². The molecule has 5 nitrogen and oxygen atoms in total. The number of likely N-dealkylation sites (N-methyl/N-ethyl adjacent to an activating group) is 2. The Morgan fingerprint density at radius 2 is 2.12 bits per heavy atom. The highest BCUT2D eigenvalue weighted by Gasteiger charge is 2.18. The van der Waals surface area contributed by atoms with Crippen molar-refractivity contribution in [3.05, 3.63) is 35.8 Å². The van der Waals surface area contributed by atoms with E-state index in [1.165, 1.54) is 12.1 Å². The van der Waals surface area contributed by atoms with Gasteiger partial charge in [-0.2, -0.15) is 0 Å². The summed E-state index contributed by atoms with van der Waals surface area (Å²) in [5.74, 6) is -0.248. The van der Waals surface area contributed by atoms with Crippen LogP contribution in [0.15, 0.2) is 24.4 Å². The Hall–Kier alpha value is -2.08. The van der Waals surface area contributed by atoms with Gasteiger partial charge in [-0.05, 0) is 58.1 Å². The molecular formula is C18H27FN4O. The summed E-state index contributed by atoms with van der Waals surface area (Å²) < 4.78 is 13.4. The van der Waals surface area contributed by atoms with Crippen LogP contribution in [0.5, 0.6) is 0 Å². The SMILES string of the molecule is CCN(C(=O)NCCc1c[nH]c2ccc(F)cc12)C(C)CN(C)C. The van der Waals surface area contributed by atoms with Crippen LogP contribution >= 0.6 is 0 Å². The molecule has 0 radical (unpaired) electrons. The van der Waals surface area contributed by atoms with E-state index >= 15 is 0 Å². The monoisotopic (exact) mass is 334 g/mol. The Bertz CT molecular complexity index is 683. The number of amides is 2. The van der Waals surface area contributed by atoms with E-state index in [9.17, 15) is 9.18 Å². The number of nitrogens with zero attached hydrogens (tertiary/aromatic N) is 2. The van der Waals surface area contributed by atoms with Gasteiger partial charge in [0, 0.05) is 42.8 Å². The number of H-pyrrole nitrogens is 1. The van der Waals surface area contributed by atoms with Crippen LogP contribution < -0.4 is 5.32 Å². The zero-order chi connectivity index (χ0) is 17.7. The third-order valence-corrected chi connectivity index (χ3v) is 4.16. The van der Waals surface area contributed by atoms with Crippen molar-refractivity contribution < 1.29 is 9.18 Å². The fourth-order valence-corrected chi connectivity index (χ4v) is 3.05. The minimum atomic E-state index is -0.248. The second kappa shape index (κ2) is 8.15. The summed E-state index contributed by atoms with van der Waals surface area (Å²) in [6.07, 6.45) is 2.54. The van der Waals surface area contributed by atoms with E-state index in [1.807, 2.05) is 39.0 Å². The third-order valence-electron chi connectivity index (χ3n) is 4.16. The highest BCUT2D eigenvalue weighted by Crippen LogP contribution is 2.19. The number of hydrogen-bond donors (Lipinski definition) is 2. The summed E-state index contributed by atoms with van der Waals surface area (Å²) in [4.78, 5) is 19.4. The first kappa shape index (κ1) is 18.3. The van der Waals surface area contributed by atoms with E-state index in [1.54, 1.807) is 6.07 Å². The molecular weight excluding hydrogens is 307 g/mol. The minimum absolute atomic E-state index is 0.0575. The molecule has 0 saturated carbocycles. The number of aromatic nitrogens is 1. The minimum Gasteiger partial charge on any atom is -0.361 e. The molecule has 0 saturated heterocycles. The lowest BCUT2D eigenvalue weighted by Gasteiger charge is -2.30. The maximum Gasteiger partial charge on any atom is 0.317 e. The van der Waals surface area contributed by atoms with Gasteiger partial charge in [-0.3, -0.25) is 0 Å². The van der Waals surface area contributed by atoms with Gasteiger partial charge in [-0.15, -0.1) is 0 Å². The number of nitrogens with one attached hydrogen (secondary N) is 2. The Morgan fingerprint density at radius 1 is 1.38 bits per heavy atom. The normalized spacial score (nSPS) is 12.6. The molecule has 2 N–H and O–H groups in total. The fourth-order valence-electron chi connectivity index (χ4n) is 3.05. The number of aromatic amines is 1. The smallest absolute Gasteiger partial charge is 0.317 e. The van der Waals surface area contributed by atoms with Crippen LogP contribution in [0.3, 0.4) is 0 Å². The lowest BCUT2D eigenvalue weighted by atomic mass is 10.1. The summed E-state index contributed by atoms with van der Waals surface area (Å²) in [7, 11) is 4.00. The third kappa shape index (κ3) is 4.47. The van der Waals surface area contributed by atoms with E-state index in [2.05, 4.69) is 15.2 Å². The molecule has 2 aromatic rings. The van der Waals surface area contributed by atoms with Crippen LogP contribution in [0.1, 0.15) is 19.4 Å². The van der Waals surface area contributed by atoms with Gasteiger partial charge >= 0.3 is 6.03 Å². The van der Waals surface area contributed by atoms with Crippen molar-refractivity contribution in [2.45, 2.75) is 26.3 Å². The second-order valence-corrected chi connectivity index (χ2v) is 6.38. The number of halogens is 1. The molecule has 0 aliphatic rings. The molecule has 2 amide bonds. The van der Waals surface area contributed by atoms with Crippen molar-refractivity contribution in [2.24, 2.45) is 0 Å². The Kier molecular flexibility index (Phi) is 6.20. The fraction of sp³-hybridized carbons (Fsp3) is 0.500. The molecule has 1 aromatic carbocycles. The quantitative estimate of drug-likeness (QED) is 0.818. The Morgan fingerprint density at radius 3 is 2.79 bits per heavy atom. The van der Waals surface area contributed by atoms with Gasteiger partial charge < -0.3 is 20.1 Å². The number of carbonyl (C=O) groups excluding carboxylic acids is 1. The standard InChI is InChI=1S/C18H27FN4O/c1-5-23(13(2)12-22(3)4)18(24)20-9-8-14-11-21-17-7-6-15(19)10-16(14)17/h6-7,10-11,13,21H,5,8-9,12H2,1-4H3,(H,20,24). The molecule has 0 spiro atoms. The Labute approximate surface area is 142 Å². The number of urea groups is 1. The molecule has 6 heteroatoms. The van der Waals surface area contributed by atoms with Crippen molar-refractivity contribution in [1.82, 2.24) is 20.1 Å². The molecule has 1 aromatic heterocycles. The maximum atomic E-state index is 13.4. The first-order valence-electron chi connectivity index (χ1n) is 8.37. The lowest BCUT2D eigenvalue weighted by Crippen LogP contribution is -2.48. The van der Waals surface area contributed by atoms with Crippen LogP contribution in [-0.2, 0) is 6.42 Å². The number of fused-ring (bicyclic) bond motifs is 1. The predicted octanol–water partition coefficient (Wildman–Crippen LogP) is 2.83. The molecule has 1 heterocycles. The van der Waals surface area contributed by atoms with Crippen molar-refractivity contribution in [1.29, 1.82) is 0 Å². The lowest BCUT2D eigenvalue weighted by molar-refractivity contribution is 0.169. The highest BCUT2D eigenvalue weighted by atomic mass is 19.1. The van der Waals surface area contributed by atoms with Gasteiger partial charge in [0.1, 0.15) is 5.82 Å². The van der Waals surface area contributed by atoms with Gasteiger partial charge in [0.25, 0.3) is 0 Å². The highest BCUT2D eigenvalue weighted by molar-refractivity contribution is 5.83. The summed E-state index contributed by atoms with van der Waals surface area (Å²) in [6, 6.07) is 4.79. The van der Waals surface area contributed by atoms with Gasteiger partial charge in [-0.25, -0.2) is 9.18 Å². The number of carbonyl (C=O) groups is 1. The van der Waals surface area contributed by atoms with Gasteiger partial charge in [0.05, 0.1) is 0 Å². The van der Waals surface area contributed by atoms with Crippen molar-refractivity contribution >= 4 is 16.9 Å². The van der Waals surface area contributed by atoms with Crippen molar-refractivity contribution in [3.63, 3.8) is 0 Å². The van der Waals surface area contributed by atoms with Gasteiger partial charge in [-0.1, -0.05) is 0 Å². The molecule has 1 atom stereocenters. The molecule has 0 fully saturated rings. The van der Waals surface area contributed by atoms with Crippen LogP contribution in [0.4, 0.5) is 9.18 Å².